The van der Waals surface area contributed by atoms with E-state index in [1.807, 2.05) is 48.5 Å². The third kappa shape index (κ3) is 5.40. The number of amides is 1. The highest BCUT2D eigenvalue weighted by Gasteiger charge is 2.37. The van der Waals surface area contributed by atoms with E-state index in [0.717, 1.165) is 35.2 Å². The second-order valence-corrected chi connectivity index (χ2v) is 7.66. The lowest BCUT2D eigenvalue weighted by Gasteiger charge is -2.27. The molecule has 6 heteroatoms. The molecule has 1 fully saturated rings. The van der Waals surface area contributed by atoms with Crippen molar-refractivity contribution in [3.05, 3.63) is 59.7 Å². The van der Waals surface area contributed by atoms with Crippen LogP contribution in [0.2, 0.25) is 0 Å². The number of hydrogen-bond donors (Lipinski definition) is 3. The second kappa shape index (κ2) is 9.62. The molecule has 148 valence electrons. The third-order valence-electron chi connectivity index (χ3n) is 4.80. The van der Waals surface area contributed by atoms with Gasteiger partial charge in [-0.15, -0.1) is 19.1 Å². The van der Waals surface area contributed by atoms with Gasteiger partial charge in [0.25, 0.3) is 5.91 Å². The van der Waals surface area contributed by atoms with Crippen molar-refractivity contribution in [1.82, 2.24) is 10.6 Å². The molecule has 3 rings (SSSR count). The minimum Gasteiger partial charge on any atom is -0.354 e. The van der Waals surface area contributed by atoms with Gasteiger partial charge in [-0.3, -0.25) is 4.79 Å². The van der Waals surface area contributed by atoms with E-state index in [0.29, 0.717) is 19.6 Å². The van der Waals surface area contributed by atoms with Crippen LogP contribution in [0, 0.1) is 23.7 Å². The molecule has 0 bridgehead atoms. The number of hydrogen-bond acceptors (Lipinski definition) is 5. The molecule has 1 aliphatic rings. The van der Waals surface area contributed by atoms with E-state index in [9.17, 15) is 10.1 Å². The molecular formula is C23H23N3O2S. The van der Waals surface area contributed by atoms with Gasteiger partial charge in [-0.05, 0) is 41.8 Å². The van der Waals surface area contributed by atoms with Gasteiger partial charge in [0.15, 0.2) is 0 Å². The van der Waals surface area contributed by atoms with Crippen LogP contribution in [-0.4, -0.2) is 36.6 Å². The van der Waals surface area contributed by atoms with Gasteiger partial charge in [0, 0.05) is 18.5 Å². The summed E-state index contributed by atoms with van der Waals surface area (Å²) < 4.78 is 5.60. The van der Waals surface area contributed by atoms with Crippen molar-refractivity contribution in [3.63, 3.8) is 0 Å². The molecule has 1 aliphatic heterocycles. The third-order valence-corrected chi connectivity index (χ3v) is 5.29. The molecule has 29 heavy (non-hydrogen) atoms. The molecule has 0 aromatic heterocycles. The summed E-state index contributed by atoms with van der Waals surface area (Å²) in [5.41, 5.74) is 3.92. The van der Waals surface area contributed by atoms with Crippen LogP contribution in [0.3, 0.4) is 0 Å². The summed E-state index contributed by atoms with van der Waals surface area (Å²) in [6, 6.07) is 17.2. The molecule has 1 heterocycles. The van der Waals surface area contributed by atoms with E-state index in [-0.39, 0.29) is 0 Å². The monoisotopic (exact) mass is 405 g/mol. The fourth-order valence-corrected chi connectivity index (χ4v) is 3.39. The molecule has 0 radical (unpaired) electrons. The molecular weight excluding hydrogens is 382 g/mol. The fourth-order valence-electron chi connectivity index (χ4n) is 3.12. The smallest absolute Gasteiger partial charge is 0.264 e. The Bertz CT molecular complexity index is 919. The predicted octanol–water partition coefficient (Wildman–Crippen LogP) is 2.52. The minimum atomic E-state index is -1.26. The summed E-state index contributed by atoms with van der Waals surface area (Å²) in [6.07, 6.45) is 6.61. The zero-order valence-corrected chi connectivity index (χ0v) is 16.9. The van der Waals surface area contributed by atoms with Gasteiger partial charge >= 0.3 is 0 Å². The molecule has 1 saturated heterocycles. The Hall–Kier alpha value is -2.77. The summed E-state index contributed by atoms with van der Waals surface area (Å²) in [4.78, 5) is 11.3. The Kier molecular flexibility index (Phi) is 6.95. The van der Waals surface area contributed by atoms with Crippen molar-refractivity contribution < 1.29 is 9.53 Å². The molecule has 2 N–H and O–H groups in total. The van der Waals surface area contributed by atoms with Gasteiger partial charge in [-0.25, -0.2) is 0 Å². The van der Waals surface area contributed by atoms with Crippen molar-refractivity contribution in [1.29, 1.82) is 5.26 Å². The molecule has 0 spiro atoms. The minimum absolute atomic E-state index is 0.299. The molecule has 2 aromatic rings. The zero-order chi connectivity index (χ0) is 20.7. The van der Waals surface area contributed by atoms with Crippen molar-refractivity contribution in [2.45, 2.75) is 23.8 Å². The molecule has 1 amide bonds. The van der Waals surface area contributed by atoms with E-state index in [4.69, 9.17) is 11.2 Å². The fraction of sp³-hybridized carbons (Fsp3) is 0.304. The summed E-state index contributed by atoms with van der Waals surface area (Å²) in [5, 5.41) is 15.4. The van der Waals surface area contributed by atoms with Crippen molar-refractivity contribution in [2.75, 3.05) is 19.7 Å². The highest BCUT2D eigenvalue weighted by molar-refractivity contribution is 7.82. The lowest BCUT2D eigenvalue weighted by molar-refractivity contribution is -0.135. The number of thiol groups is 1. The van der Waals surface area contributed by atoms with Crippen LogP contribution >= 0.6 is 12.6 Å². The SMILES string of the molecule is C#Cc1ccc(-c2ccc(C[C@@H](C#N)NC(=O)[C@]3(S)CNCCCO3)cc2)cc1. The predicted molar refractivity (Wildman–Crippen MR) is 116 cm³/mol. The number of nitrogens with zero attached hydrogens (tertiary/aromatic N) is 1. The average Bonchev–Trinajstić information content (AvgIpc) is 2.99. The van der Waals surface area contributed by atoms with Crippen LogP contribution in [0.25, 0.3) is 11.1 Å². The Morgan fingerprint density at radius 2 is 1.90 bits per heavy atom. The average molecular weight is 406 g/mol. The molecule has 2 atom stereocenters. The van der Waals surface area contributed by atoms with Gasteiger partial charge in [-0.2, -0.15) is 5.26 Å². The Balaban J connectivity index is 1.63. The van der Waals surface area contributed by atoms with Gasteiger partial charge in [-0.1, -0.05) is 42.3 Å². The van der Waals surface area contributed by atoms with Crippen LogP contribution < -0.4 is 10.6 Å². The standard InChI is InChI=1S/C23H23N3O2S/c1-2-17-4-8-19(9-5-17)20-10-6-18(7-11-20)14-21(15-24)26-22(27)23(29)16-25-12-3-13-28-23/h1,4-11,21,25,29H,3,12-14,16H2,(H,26,27)/t21-,23+/m0/s1. The highest BCUT2D eigenvalue weighted by Crippen LogP contribution is 2.22. The number of carbonyl (C=O) groups is 1. The summed E-state index contributed by atoms with van der Waals surface area (Å²) >= 11 is 4.40. The van der Waals surface area contributed by atoms with Crippen LogP contribution in [-0.2, 0) is 16.0 Å². The van der Waals surface area contributed by atoms with Crippen LogP contribution in [0.15, 0.2) is 48.5 Å². The van der Waals surface area contributed by atoms with E-state index in [1.165, 1.54) is 0 Å². The Labute approximate surface area is 176 Å². The number of benzene rings is 2. The number of rotatable bonds is 5. The normalized spacial score (nSPS) is 20.0. The van der Waals surface area contributed by atoms with Crippen molar-refractivity contribution >= 4 is 18.5 Å². The van der Waals surface area contributed by atoms with E-state index >= 15 is 0 Å². The first-order chi connectivity index (χ1) is 14.0. The van der Waals surface area contributed by atoms with E-state index in [2.05, 4.69) is 35.3 Å². The molecule has 2 aromatic carbocycles. The van der Waals surface area contributed by atoms with E-state index in [1.54, 1.807) is 0 Å². The number of carbonyl (C=O) groups excluding carboxylic acids is 1. The summed E-state index contributed by atoms with van der Waals surface area (Å²) in [5.74, 6) is 2.21. The van der Waals surface area contributed by atoms with Gasteiger partial charge in [0.1, 0.15) is 6.04 Å². The Morgan fingerprint density at radius 1 is 1.24 bits per heavy atom. The van der Waals surface area contributed by atoms with Crippen LogP contribution in [0.5, 0.6) is 0 Å². The molecule has 5 nitrogen and oxygen atoms in total. The number of nitriles is 1. The maximum Gasteiger partial charge on any atom is 0.264 e. The van der Waals surface area contributed by atoms with Gasteiger partial charge in [0.05, 0.1) is 12.7 Å². The topological polar surface area (TPSA) is 74.2 Å². The Morgan fingerprint density at radius 3 is 2.52 bits per heavy atom. The van der Waals surface area contributed by atoms with E-state index < -0.39 is 16.9 Å². The lowest BCUT2D eigenvalue weighted by Crippen LogP contribution is -2.52. The molecule has 0 aliphatic carbocycles. The van der Waals surface area contributed by atoms with Crippen LogP contribution in [0.1, 0.15) is 17.5 Å². The summed E-state index contributed by atoms with van der Waals surface area (Å²) in [6.45, 7) is 1.52. The number of nitrogens with one attached hydrogen (secondary N) is 2. The first-order valence-corrected chi connectivity index (χ1v) is 9.92. The summed E-state index contributed by atoms with van der Waals surface area (Å²) in [7, 11) is 0. The maximum atomic E-state index is 12.6. The van der Waals surface area contributed by atoms with Gasteiger partial charge < -0.3 is 15.4 Å². The number of ether oxygens (including phenoxy) is 1. The van der Waals surface area contributed by atoms with Crippen molar-refractivity contribution in [2.24, 2.45) is 0 Å². The van der Waals surface area contributed by atoms with Gasteiger partial charge in [0.2, 0.25) is 4.93 Å². The first-order valence-electron chi connectivity index (χ1n) is 9.48. The zero-order valence-electron chi connectivity index (χ0n) is 16.0. The van der Waals surface area contributed by atoms with Crippen LogP contribution in [0.4, 0.5) is 0 Å². The molecule has 0 saturated carbocycles. The number of terminal acetylenes is 1. The second-order valence-electron chi connectivity index (χ2n) is 6.94. The lowest BCUT2D eigenvalue weighted by atomic mass is 10.00. The molecule has 0 unspecified atom stereocenters. The largest absolute Gasteiger partial charge is 0.354 e. The first kappa shape index (κ1) is 21.0. The van der Waals surface area contributed by atoms with Crippen molar-refractivity contribution in [3.8, 4) is 29.5 Å². The quantitative estimate of drug-likeness (QED) is 0.528. The maximum absolute atomic E-state index is 12.6. The highest BCUT2D eigenvalue weighted by atomic mass is 32.1.